The number of benzene rings is 3. The molecule has 0 saturated carbocycles. The molecule has 0 fully saturated rings. The number of rotatable bonds is 5. The number of hydrogen-bond acceptors (Lipinski definition) is 5. The van der Waals surface area contributed by atoms with Crippen LogP contribution in [0.1, 0.15) is 5.56 Å². The van der Waals surface area contributed by atoms with Gasteiger partial charge in [0.2, 0.25) is 0 Å². The summed E-state index contributed by atoms with van der Waals surface area (Å²) < 4.78 is 41.5. The first-order chi connectivity index (χ1) is 15.6. The minimum Gasteiger partial charge on any atom is -0.486 e. The lowest BCUT2D eigenvalue weighted by molar-refractivity contribution is 0.0757. The average molecular weight is 452 g/mol. The van der Waals surface area contributed by atoms with Gasteiger partial charge in [0, 0.05) is 11.3 Å². The van der Waals surface area contributed by atoms with Crippen molar-refractivity contribution >= 4 is 22.7 Å². The fourth-order valence-electron chi connectivity index (χ4n) is 3.58. The topological polar surface area (TPSA) is 53.4 Å². The lowest BCUT2D eigenvalue weighted by atomic mass is 10.2. The van der Waals surface area contributed by atoms with Crippen molar-refractivity contribution in [1.82, 2.24) is 9.55 Å². The van der Waals surface area contributed by atoms with Gasteiger partial charge >= 0.3 is 0 Å². The number of halogens is 2. The van der Waals surface area contributed by atoms with Gasteiger partial charge in [-0.3, -0.25) is 9.36 Å². The molecule has 1 aliphatic heterocycles. The smallest absolute Gasteiger partial charge is 0.262 e. The Morgan fingerprint density at radius 1 is 0.969 bits per heavy atom. The van der Waals surface area contributed by atoms with E-state index in [9.17, 15) is 13.6 Å². The monoisotopic (exact) mass is 452 g/mol. The SMILES string of the molecule is O=c1c2ccccc2nc(SCc2c(F)cccc2F)n1CC1COc2ccccc2O1. The lowest BCUT2D eigenvalue weighted by Gasteiger charge is -2.27. The molecule has 5 rings (SSSR count). The molecular formula is C24H18F2N2O3S. The molecule has 0 radical (unpaired) electrons. The van der Waals surface area contributed by atoms with Crippen molar-refractivity contribution in [3.63, 3.8) is 0 Å². The number of hydrogen-bond donors (Lipinski definition) is 0. The first kappa shape index (κ1) is 20.5. The van der Waals surface area contributed by atoms with Crippen LogP contribution in [0.15, 0.2) is 76.7 Å². The molecule has 0 bridgehead atoms. The molecule has 3 aromatic carbocycles. The molecule has 1 aliphatic rings. The van der Waals surface area contributed by atoms with Crippen LogP contribution in [0.25, 0.3) is 10.9 Å². The number of para-hydroxylation sites is 3. The molecule has 0 aliphatic carbocycles. The molecule has 32 heavy (non-hydrogen) atoms. The van der Waals surface area contributed by atoms with Crippen LogP contribution in [0.2, 0.25) is 0 Å². The van der Waals surface area contributed by atoms with E-state index < -0.39 is 17.7 Å². The maximum Gasteiger partial charge on any atom is 0.262 e. The molecular weight excluding hydrogens is 434 g/mol. The molecule has 1 atom stereocenters. The third-order valence-electron chi connectivity index (χ3n) is 5.19. The molecule has 0 N–H and O–H groups in total. The van der Waals surface area contributed by atoms with Crippen molar-refractivity contribution in [2.75, 3.05) is 6.61 Å². The Morgan fingerprint density at radius 2 is 1.69 bits per heavy atom. The number of aromatic nitrogens is 2. The van der Waals surface area contributed by atoms with Crippen molar-refractivity contribution in [2.24, 2.45) is 0 Å². The zero-order chi connectivity index (χ0) is 22.1. The molecule has 2 heterocycles. The van der Waals surface area contributed by atoms with Crippen LogP contribution < -0.4 is 15.0 Å². The minimum atomic E-state index is -0.632. The predicted octanol–water partition coefficient (Wildman–Crippen LogP) is 4.81. The van der Waals surface area contributed by atoms with Gasteiger partial charge in [-0.2, -0.15) is 0 Å². The van der Waals surface area contributed by atoms with E-state index in [0.29, 0.717) is 27.6 Å². The summed E-state index contributed by atoms with van der Waals surface area (Å²) in [6.45, 7) is 0.454. The van der Waals surface area contributed by atoms with Crippen LogP contribution in [-0.2, 0) is 12.3 Å². The highest BCUT2D eigenvalue weighted by Crippen LogP contribution is 2.32. The molecule has 1 unspecified atom stereocenters. The van der Waals surface area contributed by atoms with Crippen molar-refractivity contribution in [3.8, 4) is 11.5 Å². The van der Waals surface area contributed by atoms with Crippen molar-refractivity contribution in [1.29, 1.82) is 0 Å². The maximum atomic E-state index is 14.1. The second kappa shape index (κ2) is 8.63. The molecule has 162 valence electrons. The Labute approximate surface area is 186 Å². The number of ether oxygens (including phenoxy) is 2. The van der Waals surface area contributed by atoms with Crippen molar-refractivity contribution < 1.29 is 18.3 Å². The maximum absolute atomic E-state index is 14.1. The highest BCUT2D eigenvalue weighted by molar-refractivity contribution is 7.98. The van der Waals surface area contributed by atoms with Gasteiger partial charge in [-0.05, 0) is 36.4 Å². The minimum absolute atomic E-state index is 0.00581. The average Bonchev–Trinajstić information content (AvgIpc) is 2.81. The summed E-state index contributed by atoms with van der Waals surface area (Å²) in [5.74, 6) is -0.0140. The van der Waals surface area contributed by atoms with Gasteiger partial charge in [0.1, 0.15) is 18.2 Å². The molecule has 0 spiro atoms. The normalized spacial score (nSPS) is 15.1. The second-order valence-corrected chi connectivity index (χ2v) is 8.26. The van der Waals surface area contributed by atoms with Crippen LogP contribution in [0.4, 0.5) is 8.78 Å². The zero-order valence-electron chi connectivity index (χ0n) is 16.8. The number of nitrogens with zero attached hydrogens (tertiary/aromatic N) is 2. The van der Waals surface area contributed by atoms with E-state index in [1.807, 2.05) is 18.2 Å². The Balaban J connectivity index is 1.49. The molecule has 0 amide bonds. The van der Waals surface area contributed by atoms with Crippen LogP contribution >= 0.6 is 11.8 Å². The number of fused-ring (bicyclic) bond motifs is 2. The predicted molar refractivity (Wildman–Crippen MR) is 118 cm³/mol. The van der Waals surface area contributed by atoms with E-state index in [2.05, 4.69) is 4.98 Å². The fourth-order valence-corrected chi connectivity index (χ4v) is 4.61. The van der Waals surface area contributed by atoms with Crippen LogP contribution in [0.3, 0.4) is 0 Å². The van der Waals surface area contributed by atoms with Gasteiger partial charge in [-0.1, -0.05) is 42.1 Å². The van der Waals surface area contributed by atoms with E-state index in [1.54, 1.807) is 30.3 Å². The van der Waals surface area contributed by atoms with E-state index >= 15 is 0 Å². The van der Waals surface area contributed by atoms with Gasteiger partial charge in [0.05, 0.1) is 17.4 Å². The second-order valence-electron chi connectivity index (χ2n) is 7.31. The first-order valence-corrected chi connectivity index (χ1v) is 11.0. The Kier molecular flexibility index (Phi) is 5.53. The Morgan fingerprint density at radius 3 is 2.50 bits per heavy atom. The lowest BCUT2D eigenvalue weighted by Crippen LogP contribution is -2.37. The summed E-state index contributed by atoms with van der Waals surface area (Å²) in [5, 5.41) is 0.824. The Bertz CT molecular complexity index is 1340. The Hall–Kier alpha value is -3.39. The zero-order valence-corrected chi connectivity index (χ0v) is 17.6. The van der Waals surface area contributed by atoms with Crippen LogP contribution in [-0.4, -0.2) is 22.3 Å². The van der Waals surface area contributed by atoms with E-state index in [0.717, 1.165) is 11.8 Å². The quantitative estimate of drug-likeness (QED) is 0.321. The third kappa shape index (κ3) is 3.93. The van der Waals surface area contributed by atoms with Crippen LogP contribution in [0, 0.1) is 11.6 Å². The summed E-state index contributed by atoms with van der Waals surface area (Å²) in [7, 11) is 0. The standard InChI is InChI=1S/C24H18F2N2O3S/c25-18-7-5-8-19(26)17(18)14-32-24-27-20-9-2-1-6-16(20)23(29)28(24)12-15-13-30-21-10-3-4-11-22(21)31-15/h1-11,15H,12-14H2. The van der Waals surface area contributed by atoms with Gasteiger partial charge in [-0.15, -0.1) is 0 Å². The first-order valence-electron chi connectivity index (χ1n) is 10.0. The van der Waals surface area contributed by atoms with Crippen LogP contribution in [0.5, 0.6) is 11.5 Å². The molecule has 1 aromatic heterocycles. The summed E-state index contributed by atoms with van der Waals surface area (Å²) in [6.07, 6.45) is -0.421. The van der Waals surface area contributed by atoms with Gasteiger partial charge in [0.15, 0.2) is 22.8 Å². The van der Waals surface area contributed by atoms with Crippen molar-refractivity contribution in [2.45, 2.75) is 23.6 Å². The number of thioether (sulfide) groups is 1. The van der Waals surface area contributed by atoms with Gasteiger partial charge < -0.3 is 9.47 Å². The van der Waals surface area contributed by atoms with Gasteiger partial charge in [-0.25, -0.2) is 13.8 Å². The molecule has 4 aromatic rings. The highest BCUT2D eigenvalue weighted by Gasteiger charge is 2.24. The van der Waals surface area contributed by atoms with E-state index in [4.69, 9.17) is 9.47 Å². The summed E-state index contributed by atoms with van der Waals surface area (Å²) >= 11 is 1.11. The van der Waals surface area contributed by atoms with E-state index in [-0.39, 0.29) is 30.0 Å². The fraction of sp³-hybridized carbons (Fsp3) is 0.167. The summed E-state index contributed by atoms with van der Waals surface area (Å²) in [6, 6.07) is 18.1. The molecule has 8 heteroatoms. The summed E-state index contributed by atoms with van der Waals surface area (Å²) in [4.78, 5) is 17.9. The van der Waals surface area contributed by atoms with E-state index in [1.165, 1.54) is 22.8 Å². The van der Waals surface area contributed by atoms with Gasteiger partial charge in [0.25, 0.3) is 5.56 Å². The third-order valence-corrected chi connectivity index (χ3v) is 6.19. The van der Waals surface area contributed by atoms with Crippen molar-refractivity contribution in [3.05, 3.63) is 94.3 Å². The highest BCUT2D eigenvalue weighted by atomic mass is 32.2. The molecule has 0 saturated heterocycles. The summed E-state index contributed by atoms with van der Waals surface area (Å²) in [5.41, 5.74) is 0.226. The molecule has 5 nitrogen and oxygen atoms in total. The largest absolute Gasteiger partial charge is 0.486 e.